The van der Waals surface area contributed by atoms with Crippen LogP contribution in [0.1, 0.15) is 23.2 Å². The normalized spacial score (nSPS) is 15.5. The third kappa shape index (κ3) is 2.74. The number of hydrogen-bond donors (Lipinski definition) is 0. The number of imidazole rings is 1. The van der Waals surface area contributed by atoms with Crippen molar-refractivity contribution in [3.8, 4) is 17.3 Å². The Morgan fingerprint density at radius 2 is 2.13 bits per heavy atom. The molecule has 4 aromatic rings. The molecule has 0 atom stereocenters. The molecule has 4 heterocycles. The topological polar surface area (TPSA) is 71.2 Å². The lowest BCUT2D eigenvalue weighted by atomic mass is 10.1. The van der Waals surface area contributed by atoms with Crippen molar-refractivity contribution < 1.29 is 14.3 Å². The zero-order chi connectivity index (χ0) is 20.4. The molecule has 0 bridgehead atoms. The van der Waals surface area contributed by atoms with Crippen molar-refractivity contribution in [2.45, 2.75) is 25.9 Å². The third-order valence-electron chi connectivity index (χ3n) is 5.88. The summed E-state index contributed by atoms with van der Waals surface area (Å²) >= 11 is 3.51. The van der Waals surface area contributed by atoms with Crippen molar-refractivity contribution in [2.24, 2.45) is 5.92 Å². The van der Waals surface area contributed by atoms with Crippen LogP contribution in [0.15, 0.2) is 34.9 Å². The first-order chi connectivity index (χ1) is 14.6. The van der Waals surface area contributed by atoms with E-state index in [0.717, 1.165) is 44.7 Å². The highest BCUT2D eigenvalue weighted by atomic mass is 79.9. The highest BCUT2D eigenvalue weighted by Gasteiger charge is 2.28. The molecule has 0 N–H and O–H groups in total. The van der Waals surface area contributed by atoms with Gasteiger partial charge in [-0.2, -0.15) is 0 Å². The van der Waals surface area contributed by atoms with Crippen LogP contribution in [-0.4, -0.2) is 38.8 Å². The fourth-order valence-corrected chi connectivity index (χ4v) is 4.57. The average molecular weight is 467 g/mol. The Labute approximate surface area is 180 Å². The van der Waals surface area contributed by atoms with Gasteiger partial charge < -0.3 is 18.6 Å². The molecule has 3 aromatic heterocycles. The van der Waals surface area contributed by atoms with Crippen LogP contribution >= 0.6 is 15.9 Å². The predicted octanol–water partition coefficient (Wildman–Crippen LogP) is 4.40. The van der Waals surface area contributed by atoms with Gasteiger partial charge in [0, 0.05) is 11.9 Å². The number of carbonyl (C=O) groups excluding carboxylic acids is 1. The number of rotatable bonds is 4. The summed E-state index contributed by atoms with van der Waals surface area (Å²) in [5, 5.41) is 1.09. The Bertz CT molecular complexity index is 1340. The molecule has 0 amide bonds. The maximum absolute atomic E-state index is 12.1. The summed E-state index contributed by atoms with van der Waals surface area (Å²) in [6, 6.07) is 9.74. The predicted molar refractivity (Wildman–Crippen MR) is 116 cm³/mol. The van der Waals surface area contributed by atoms with E-state index in [1.165, 1.54) is 20.0 Å². The highest BCUT2D eigenvalue weighted by Crippen LogP contribution is 2.39. The van der Waals surface area contributed by atoms with Crippen LogP contribution in [0.25, 0.3) is 33.6 Å². The van der Waals surface area contributed by atoms with Gasteiger partial charge in [-0.1, -0.05) is 0 Å². The van der Waals surface area contributed by atoms with Gasteiger partial charge >= 0.3 is 5.97 Å². The zero-order valence-corrected chi connectivity index (χ0v) is 18.0. The molecule has 1 aromatic carbocycles. The van der Waals surface area contributed by atoms with Crippen molar-refractivity contribution in [1.29, 1.82) is 0 Å². The largest absolute Gasteiger partial charge is 0.489 e. The van der Waals surface area contributed by atoms with Crippen molar-refractivity contribution in [3.05, 3.63) is 40.5 Å². The van der Waals surface area contributed by atoms with Crippen LogP contribution in [0, 0.1) is 5.92 Å². The third-order valence-corrected chi connectivity index (χ3v) is 6.32. The van der Waals surface area contributed by atoms with Gasteiger partial charge in [0.05, 0.1) is 30.4 Å². The number of carbonyl (C=O) groups is 1. The zero-order valence-electron chi connectivity index (χ0n) is 16.4. The van der Waals surface area contributed by atoms with Gasteiger partial charge in [-0.05, 0) is 65.0 Å². The summed E-state index contributed by atoms with van der Waals surface area (Å²) in [6.45, 7) is 2.17. The fraction of sp³-hybridized carbons (Fsp3) is 0.318. The van der Waals surface area contributed by atoms with Crippen LogP contribution in [0.5, 0.6) is 5.75 Å². The van der Waals surface area contributed by atoms with E-state index >= 15 is 0 Å². The number of pyridine rings is 1. The number of nitrogens with zero attached hydrogens (tertiary/aromatic N) is 4. The first kappa shape index (κ1) is 17.9. The molecule has 8 heteroatoms. The van der Waals surface area contributed by atoms with Crippen molar-refractivity contribution in [3.63, 3.8) is 0 Å². The van der Waals surface area contributed by atoms with Gasteiger partial charge in [0.15, 0.2) is 5.82 Å². The summed E-state index contributed by atoms with van der Waals surface area (Å²) in [5.41, 5.74) is 4.11. The van der Waals surface area contributed by atoms with E-state index in [9.17, 15) is 4.79 Å². The minimum Gasteiger partial charge on any atom is -0.489 e. The number of halogens is 1. The van der Waals surface area contributed by atoms with Gasteiger partial charge in [-0.15, -0.1) is 0 Å². The van der Waals surface area contributed by atoms with Gasteiger partial charge in [-0.3, -0.25) is 0 Å². The molecule has 1 aliphatic heterocycles. The first-order valence-electron chi connectivity index (χ1n) is 10.0. The molecule has 2 aliphatic rings. The highest BCUT2D eigenvalue weighted by molar-refractivity contribution is 9.10. The molecule has 30 heavy (non-hydrogen) atoms. The molecule has 0 radical (unpaired) electrons. The van der Waals surface area contributed by atoms with E-state index in [2.05, 4.69) is 37.2 Å². The van der Waals surface area contributed by atoms with Crippen LogP contribution in [0.2, 0.25) is 0 Å². The average Bonchev–Trinajstić information content (AvgIpc) is 3.41. The molecule has 152 valence electrons. The van der Waals surface area contributed by atoms with Gasteiger partial charge in [0.25, 0.3) is 0 Å². The molecule has 1 aliphatic carbocycles. The lowest BCUT2D eigenvalue weighted by Crippen LogP contribution is -2.16. The minimum absolute atomic E-state index is 0.393. The molecular weight excluding hydrogens is 448 g/mol. The number of esters is 1. The number of methoxy groups -OCH3 is 1. The van der Waals surface area contributed by atoms with Gasteiger partial charge in [0.2, 0.25) is 0 Å². The summed E-state index contributed by atoms with van der Waals surface area (Å²) in [5.74, 6) is 1.85. The standard InChI is InChI=1S/C22H19BrN4O3/c1-29-22(28)14-8-15-19-17(10-14)30-7-6-26(19)21(24-15)16-9-13-4-5-18(23)25-20(13)27(16)11-12-2-3-12/h4-5,8-10,12H,2-3,6-7,11H2,1H3. The van der Waals surface area contributed by atoms with Crippen molar-refractivity contribution in [1.82, 2.24) is 19.1 Å². The fourth-order valence-electron chi connectivity index (χ4n) is 4.27. The molecule has 7 nitrogen and oxygen atoms in total. The van der Waals surface area contributed by atoms with Crippen molar-refractivity contribution >= 4 is 44.0 Å². The van der Waals surface area contributed by atoms with Gasteiger partial charge in [0.1, 0.15) is 28.1 Å². The quantitative estimate of drug-likeness (QED) is 0.329. The van der Waals surface area contributed by atoms with E-state index in [0.29, 0.717) is 30.4 Å². The Kier molecular flexibility index (Phi) is 3.93. The van der Waals surface area contributed by atoms with Crippen LogP contribution in [0.4, 0.5) is 0 Å². The van der Waals surface area contributed by atoms with E-state index < -0.39 is 5.97 Å². The second-order valence-corrected chi connectivity index (χ2v) is 8.71. The molecular formula is C22H19BrN4O3. The van der Waals surface area contributed by atoms with Crippen LogP contribution < -0.4 is 4.74 Å². The number of ether oxygens (including phenoxy) is 2. The van der Waals surface area contributed by atoms with E-state index in [1.807, 2.05) is 6.07 Å². The number of hydrogen-bond acceptors (Lipinski definition) is 5. The number of benzene rings is 1. The summed E-state index contributed by atoms with van der Waals surface area (Å²) in [6.07, 6.45) is 2.51. The molecule has 1 fully saturated rings. The summed E-state index contributed by atoms with van der Waals surface area (Å²) in [7, 11) is 1.38. The van der Waals surface area contributed by atoms with Crippen LogP contribution in [-0.2, 0) is 17.8 Å². The Morgan fingerprint density at radius 3 is 2.93 bits per heavy atom. The lowest BCUT2D eigenvalue weighted by Gasteiger charge is -2.19. The second kappa shape index (κ2) is 6.57. The van der Waals surface area contributed by atoms with Gasteiger partial charge in [-0.25, -0.2) is 14.8 Å². The minimum atomic E-state index is -0.393. The van der Waals surface area contributed by atoms with E-state index in [-0.39, 0.29) is 0 Å². The Balaban J connectivity index is 1.61. The molecule has 1 saturated carbocycles. The maximum atomic E-state index is 12.1. The first-order valence-corrected chi connectivity index (χ1v) is 10.8. The molecule has 0 spiro atoms. The summed E-state index contributed by atoms with van der Waals surface area (Å²) in [4.78, 5) is 21.8. The second-order valence-electron chi connectivity index (χ2n) is 7.90. The Morgan fingerprint density at radius 1 is 1.27 bits per heavy atom. The van der Waals surface area contributed by atoms with Crippen molar-refractivity contribution in [2.75, 3.05) is 13.7 Å². The Hall–Kier alpha value is -2.87. The van der Waals surface area contributed by atoms with E-state index in [4.69, 9.17) is 19.4 Å². The smallest absolute Gasteiger partial charge is 0.338 e. The number of aromatic nitrogens is 4. The molecule has 6 rings (SSSR count). The maximum Gasteiger partial charge on any atom is 0.338 e. The SMILES string of the molecule is COC(=O)c1cc2c3c(c1)nc(-c1cc4ccc(Br)nc4n1CC1CC1)n3CCO2. The number of fused-ring (bicyclic) bond motifs is 1. The van der Waals surface area contributed by atoms with Crippen LogP contribution in [0.3, 0.4) is 0 Å². The molecule has 0 unspecified atom stereocenters. The monoisotopic (exact) mass is 466 g/mol. The lowest BCUT2D eigenvalue weighted by molar-refractivity contribution is 0.0600. The summed E-state index contributed by atoms with van der Waals surface area (Å²) < 4.78 is 16.1. The molecule has 0 saturated heterocycles. The van der Waals surface area contributed by atoms with E-state index in [1.54, 1.807) is 12.1 Å².